The van der Waals surface area contributed by atoms with Crippen LogP contribution in [0.2, 0.25) is 0 Å². The van der Waals surface area contributed by atoms with E-state index in [4.69, 9.17) is 0 Å². The van der Waals surface area contributed by atoms with E-state index in [9.17, 15) is 0 Å². The minimum atomic E-state index is 0.694. The number of aromatic amines is 2. The van der Waals surface area contributed by atoms with Crippen LogP contribution in [0.25, 0.3) is 33.2 Å². The highest BCUT2D eigenvalue weighted by Gasteiger charge is 2.22. The zero-order valence-corrected chi connectivity index (χ0v) is 14.2. The molecule has 0 saturated carbocycles. The second-order valence-corrected chi connectivity index (χ2v) is 6.96. The number of nitrogens with zero attached hydrogens (tertiary/aromatic N) is 4. The second-order valence-electron chi connectivity index (χ2n) is 6.96. The van der Waals surface area contributed by atoms with Crippen molar-refractivity contribution in [2.75, 3.05) is 18.0 Å². The van der Waals surface area contributed by atoms with Crippen LogP contribution < -0.4 is 4.90 Å². The Morgan fingerprint density at radius 3 is 3.04 bits per heavy atom. The van der Waals surface area contributed by atoms with Gasteiger partial charge in [-0.25, -0.2) is 15.0 Å². The number of H-pyrrole nitrogens is 2. The Labute approximate surface area is 145 Å². The monoisotopic (exact) mass is 332 g/mol. The predicted octanol–water partition coefficient (Wildman–Crippen LogP) is 3.74. The van der Waals surface area contributed by atoms with Crippen molar-refractivity contribution in [2.24, 2.45) is 5.92 Å². The average molecular weight is 332 g/mol. The highest BCUT2D eigenvalue weighted by molar-refractivity contribution is 6.02. The number of piperidine rings is 1. The van der Waals surface area contributed by atoms with Crippen LogP contribution in [-0.4, -0.2) is 38.0 Å². The van der Waals surface area contributed by atoms with Gasteiger partial charge in [0.05, 0.1) is 5.39 Å². The van der Waals surface area contributed by atoms with Crippen LogP contribution >= 0.6 is 0 Å². The maximum Gasteiger partial charge on any atom is 0.143 e. The molecule has 4 aromatic heterocycles. The van der Waals surface area contributed by atoms with E-state index in [1.54, 1.807) is 6.33 Å². The number of aromatic nitrogens is 5. The van der Waals surface area contributed by atoms with Crippen LogP contribution in [0.3, 0.4) is 0 Å². The third-order valence-electron chi connectivity index (χ3n) is 5.12. The van der Waals surface area contributed by atoms with Gasteiger partial charge in [-0.05, 0) is 30.9 Å². The van der Waals surface area contributed by atoms with Gasteiger partial charge in [0.2, 0.25) is 0 Å². The van der Waals surface area contributed by atoms with Crippen molar-refractivity contribution in [3.05, 3.63) is 37.1 Å². The summed E-state index contributed by atoms with van der Waals surface area (Å²) in [6, 6.07) is 4.21. The van der Waals surface area contributed by atoms with Crippen LogP contribution in [0.1, 0.15) is 19.8 Å². The summed E-state index contributed by atoms with van der Waals surface area (Å²) in [6.07, 6.45) is 10.0. The largest absolute Gasteiger partial charge is 0.356 e. The molecule has 1 fully saturated rings. The molecule has 1 aliphatic rings. The Kier molecular flexibility index (Phi) is 3.23. The summed E-state index contributed by atoms with van der Waals surface area (Å²) in [7, 11) is 0. The Morgan fingerprint density at radius 2 is 2.12 bits per heavy atom. The molecule has 1 unspecified atom stereocenters. The molecule has 5 heterocycles. The summed E-state index contributed by atoms with van der Waals surface area (Å²) < 4.78 is 0. The molecular formula is C19H20N6. The quantitative estimate of drug-likeness (QED) is 0.586. The molecule has 1 aliphatic heterocycles. The Bertz CT molecular complexity index is 1050. The van der Waals surface area contributed by atoms with Gasteiger partial charge in [0.15, 0.2) is 0 Å². The van der Waals surface area contributed by atoms with Crippen molar-refractivity contribution in [2.45, 2.75) is 19.8 Å². The molecule has 0 amide bonds. The third-order valence-corrected chi connectivity index (χ3v) is 5.12. The first-order valence-corrected chi connectivity index (χ1v) is 8.80. The van der Waals surface area contributed by atoms with E-state index >= 15 is 0 Å². The number of anilines is 1. The van der Waals surface area contributed by atoms with E-state index in [0.717, 1.165) is 52.1 Å². The van der Waals surface area contributed by atoms with Crippen LogP contribution in [0, 0.1) is 5.92 Å². The number of hydrogen-bond donors (Lipinski definition) is 2. The lowest BCUT2D eigenvalue weighted by Gasteiger charge is -2.32. The van der Waals surface area contributed by atoms with E-state index in [2.05, 4.69) is 42.8 Å². The molecule has 25 heavy (non-hydrogen) atoms. The average Bonchev–Trinajstić information content (AvgIpc) is 3.27. The van der Waals surface area contributed by atoms with Gasteiger partial charge >= 0.3 is 0 Å². The summed E-state index contributed by atoms with van der Waals surface area (Å²) in [5, 5.41) is 2.20. The summed E-state index contributed by atoms with van der Waals surface area (Å²) in [6.45, 7) is 4.41. The van der Waals surface area contributed by atoms with Crippen LogP contribution in [0.4, 0.5) is 5.82 Å². The first kappa shape index (κ1) is 14.5. The van der Waals surface area contributed by atoms with Crippen molar-refractivity contribution in [1.29, 1.82) is 0 Å². The third kappa shape index (κ3) is 2.36. The van der Waals surface area contributed by atoms with Crippen molar-refractivity contribution >= 4 is 27.9 Å². The Morgan fingerprint density at radius 1 is 1.16 bits per heavy atom. The normalized spacial score (nSPS) is 18.3. The first-order chi connectivity index (χ1) is 12.3. The van der Waals surface area contributed by atoms with Gasteiger partial charge in [0, 0.05) is 48.2 Å². The molecular weight excluding hydrogens is 312 g/mol. The van der Waals surface area contributed by atoms with Crippen molar-refractivity contribution in [3.8, 4) is 11.1 Å². The van der Waals surface area contributed by atoms with E-state index in [0.29, 0.717) is 5.92 Å². The van der Waals surface area contributed by atoms with Gasteiger partial charge in [-0.3, -0.25) is 0 Å². The fourth-order valence-electron chi connectivity index (χ4n) is 3.88. The molecule has 2 N–H and O–H groups in total. The van der Waals surface area contributed by atoms with Crippen LogP contribution in [0.5, 0.6) is 0 Å². The molecule has 4 aromatic rings. The lowest BCUT2D eigenvalue weighted by atomic mass is 9.99. The lowest BCUT2D eigenvalue weighted by molar-refractivity contribution is 0.445. The van der Waals surface area contributed by atoms with Gasteiger partial charge in [-0.2, -0.15) is 0 Å². The summed E-state index contributed by atoms with van der Waals surface area (Å²) >= 11 is 0. The summed E-state index contributed by atoms with van der Waals surface area (Å²) in [5.74, 6) is 1.72. The zero-order chi connectivity index (χ0) is 16.8. The van der Waals surface area contributed by atoms with Gasteiger partial charge < -0.3 is 14.9 Å². The molecule has 0 aromatic carbocycles. The molecule has 5 rings (SSSR count). The number of fused-ring (bicyclic) bond motifs is 2. The zero-order valence-electron chi connectivity index (χ0n) is 14.2. The molecule has 6 nitrogen and oxygen atoms in total. The molecule has 6 heteroatoms. The maximum atomic E-state index is 4.64. The minimum Gasteiger partial charge on any atom is -0.356 e. The lowest BCUT2D eigenvalue weighted by Crippen LogP contribution is -2.35. The van der Waals surface area contributed by atoms with E-state index in [1.807, 2.05) is 24.7 Å². The van der Waals surface area contributed by atoms with Crippen molar-refractivity contribution < 1.29 is 0 Å². The SMILES string of the molecule is CC1CCCN(c2ncnc3[nH]cc(-c4cnc5[nH]ccc5c4)c23)C1. The maximum absolute atomic E-state index is 4.64. The van der Waals surface area contributed by atoms with Crippen LogP contribution in [-0.2, 0) is 0 Å². The highest BCUT2D eigenvalue weighted by atomic mass is 15.2. The fraction of sp³-hybridized carbons (Fsp3) is 0.316. The van der Waals surface area contributed by atoms with Gasteiger partial charge in [-0.15, -0.1) is 0 Å². The minimum absolute atomic E-state index is 0.694. The Hall–Kier alpha value is -2.89. The van der Waals surface area contributed by atoms with Crippen molar-refractivity contribution in [3.63, 3.8) is 0 Å². The molecule has 0 radical (unpaired) electrons. The van der Waals surface area contributed by atoms with E-state index in [-0.39, 0.29) is 0 Å². The molecule has 1 saturated heterocycles. The number of pyridine rings is 1. The predicted molar refractivity (Wildman–Crippen MR) is 99.6 cm³/mol. The van der Waals surface area contributed by atoms with E-state index < -0.39 is 0 Å². The van der Waals surface area contributed by atoms with E-state index in [1.165, 1.54) is 12.8 Å². The standard InChI is InChI=1S/C19H20N6/c1-12-3-2-6-25(10-12)19-16-15(9-22-18(16)23-11-24-19)14-7-13-4-5-20-17(13)21-8-14/h4-5,7-9,11-12H,2-3,6,10H2,1H3,(H,20,21)(H,22,23,24). The smallest absolute Gasteiger partial charge is 0.143 e. The number of rotatable bonds is 2. The first-order valence-electron chi connectivity index (χ1n) is 8.80. The molecule has 0 spiro atoms. The molecule has 0 bridgehead atoms. The Balaban J connectivity index is 1.68. The van der Waals surface area contributed by atoms with Gasteiger partial charge in [0.25, 0.3) is 0 Å². The highest BCUT2D eigenvalue weighted by Crippen LogP contribution is 2.35. The van der Waals surface area contributed by atoms with Gasteiger partial charge in [-0.1, -0.05) is 6.92 Å². The van der Waals surface area contributed by atoms with Gasteiger partial charge in [0.1, 0.15) is 23.4 Å². The number of hydrogen-bond acceptors (Lipinski definition) is 4. The summed E-state index contributed by atoms with van der Waals surface area (Å²) in [5.41, 5.74) is 3.98. The second kappa shape index (κ2) is 5.58. The topological polar surface area (TPSA) is 73.5 Å². The molecule has 126 valence electrons. The molecule has 0 aliphatic carbocycles. The molecule has 1 atom stereocenters. The number of nitrogens with one attached hydrogen (secondary N) is 2. The van der Waals surface area contributed by atoms with Crippen LogP contribution in [0.15, 0.2) is 37.1 Å². The summed E-state index contributed by atoms with van der Waals surface area (Å²) in [4.78, 5) is 22.5. The fourth-order valence-corrected chi connectivity index (χ4v) is 3.88. The van der Waals surface area contributed by atoms with Crippen molar-refractivity contribution in [1.82, 2.24) is 24.9 Å².